The molecule has 1 N–H and O–H groups in total. The number of anilines is 2. The SMILES string of the molecule is Cc1c(NC(=O)[C@@H]2CC(=O)N(c3ccc(F)cc3)C2)ccc(Br)c1Cl. The van der Waals surface area contributed by atoms with Crippen LogP contribution in [0.25, 0.3) is 0 Å². The van der Waals surface area contributed by atoms with Crippen molar-refractivity contribution in [3.63, 3.8) is 0 Å². The Labute approximate surface area is 158 Å². The minimum absolute atomic E-state index is 0.118. The van der Waals surface area contributed by atoms with Crippen molar-refractivity contribution in [3.8, 4) is 0 Å². The Morgan fingerprint density at radius 1 is 1.28 bits per heavy atom. The van der Waals surface area contributed by atoms with Crippen molar-refractivity contribution >= 4 is 50.7 Å². The van der Waals surface area contributed by atoms with Crippen LogP contribution in [0.3, 0.4) is 0 Å². The largest absolute Gasteiger partial charge is 0.325 e. The monoisotopic (exact) mass is 424 g/mol. The molecule has 0 unspecified atom stereocenters. The zero-order chi connectivity index (χ0) is 18.1. The molecule has 1 aliphatic heterocycles. The van der Waals surface area contributed by atoms with Gasteiger partial charge < -0.3 is 10.2 Å². The second-order valence-electron chi connectivity index (χ2n) is 5.90. The maximum Gasteiger partial charge on any atom is 0.229 e. The molecule has 3 rings (SSSR count). The number of benzene rings is 2. The molecule has 2 aromatic carbocycles. The van der Waals surface area contributed by atoms with E-state index in [2.05, 4.69) is 21.2 Å². The molecular formula is C18H15BrClFN2O2. The lowest BCUT2D eigenvalue weighted by Crippen LogP contribution is -2.28. The molecule has 1 heterocycles. The average molecular weight is 426 g/mol. The molecule has 0 bridgehead atoms. The molecule has 0 radical (unpaired) electrons. The molecule has 2 amide bonds. The fraction of sp³-hybridized carbons (Fsp3) is 0.222. The minimum atomic E-state index is -0.473. The maximum atomic E-state index is 13.0. The first-order valence-electron chi connectivity index (χ1n) is 7.68. The molecule has 1 fully saturated rings. The van der Waals surface area contributed by atoms with Crippen LogP contribution < -0.4 is 10.2 Å². The minimum Gasteiger partial charge on any atom is -0.325 e. The zero-order valence-corrected chi connectivity index (χ0v) is 15.7. The number of nitrogens with one attached hydrogen (secondary N) is 1. The van der Waals surface area contributed by atoms with Crippen LogP contribution in [-0.4, -0.2) is 18.4 Å². The van der Waals surface area contributed by atoms with E-state index < -0.39 is 5.92 Å². The lowest BCUT2D eigenvalue weighted by molar-refractivity contribution is -0.122. The van der Waals surface area contributed by atoms with Crippen molar-refractivity contribution in [1.29, 1.82) is 0 Å². The Bertz CT molecular complexity index is 842. The van der Waals surface area contributed by atoms with Crippen LogP contribution in [0, 0.1) is 18.7 Å². The molecule has 130 valence electrons. The van der Waals surface area contributed by atoms with E-state index in [-0.39, 0.29) is 30.6 Å². The van der Waals surface area contributed by atoms with Gasteiger partial charge in [-0.05, 0) is 64.8 Å². The van der Waals surface area contributed by atoms with E-state index in [1.807, 2.05) is 6.92 Å². The number of amides is 2. The fourth-order valence-corrected chi connectivity index (χ4v) is 3.37. The summed E-state index contributed by atoms with van der Waals surface area (Å²) in [5.74, 6) is -1.23. The number of halogens is 3. The predicted octanol–water partition coefficient (Wildman–Crippen LogP) is 4.54. The highest BCUT2D eigenvalue weighted by molar-refractivity contribution is 9.10. The highest BCUT2D eigenvalue weighted by Crippen LogP contribution is 2.32. The summed E-state index contributed by atoms with van der Waals surface area (Å²) in [7, 11) is 0. The number of rotatable bonds is 3. The number of hydrogen-bond donors (Lipinski definition) is 1. The summed E-state index contributed by atoms with van der Waals surface area (Å²) in [4.78, 5) is 26.3. The average Bonchev–Trinajstić information content (AvgIpc) is 2.98. The van der Waals surface area contributed by atoms with Crippen molar-refractivity contribution in [2.75, 3.05) is 16.8 Å². The number of nitrogens with zero attached hydrogens (tertiary/aromatic N) is 1. The van der Waals surface area contributed by atoms with E-state index >= 15 is 0 Å². The first-order chi connectivity index (χ1) is 11.9. The Balaban J connectivity index is 1.73. The highest BCUT2D eigenvalue weighted by atomic mass is 79.9. The Hall–Kier alpha value is -1.92. The van der Waals surface area contributed by atoms with Crippen molar-refractivity contribution < 1.29 is 14.0 Å². The second-order valence-corrected chi connectivity index (χ2v) is 7.14. The molecule has 1 aliphatic rings. The topological polar surface area (TPSA) is 49.4 Å². The van der Waals surface area contributed by atoms with Gasteiger partial charge in [0.15, 0.2) is 0 Å². The van der Waals surface area contributed by atoms with Gasteiger partial charge in [-0.3, -0.25) is 9.59 Å². The molecule has 4 nitrogen and oxygen atoms in total. The first kappa shape index (κ1) is 17.9. The molecule has 0 saturated carbocycles. The molecule has 25 heavy (non-hydrogen) atoms. The van der Waals surface area contributed by atoms with Gasteiger partial charge in [0.1, 0.15) is 5.82 Å². The summed E-state index contributed by atoms with van der Waals surface area (Å²) in [6.07, 6.45) is 0.118. The van der Waals surface area contributed by atoms with Gasteiger partial charge in [0.25, 0.3) is 0 Å². The van der Waals surface area contributed by atoms with Crippen LogP contribution in [-0.2, 0) is 9.59 Å². The molecule has 1 atom stereocenters. The van der Waals surface area contributed by atoms with Crippen LogP contribution in [0.1, 0.15) is 12.0 Å². The molecule has 0 aromatic heterocycles. The van der Waals surface area contributed by atoms with Gasteiger partial charge in [0.2, 0.25) is 11.8 Å². The molecule has 2 aromatic rings. The molecule has 7 heteroatoms. The molecule has 0 aliphatic carbocycles. The van der Waals surface area contributed by atoms with Gasteiger partial charge in [0.05, 0.1) is 10.9 Å². The predicted molar refractivity (Wildman–Crippen MR) is 99.4 cm³/mol. The van der Waals surface area contributed by atoms with E-state index in [4.69, 9.17) is 11.6 Å². The third kappa shape index (κ3) is 3.70. The van der Waals surface area contributed by atoms with E-state index in [9.17, 15) is 14.0 Å². The van der Waals surface area contributed by atoms with Crippen molar-refractivity contribution in [2.45, 2.75) is 13.3 Å². The number of hydrogen-bond acceptors (Lipinski definition) is 2. The standard InChI is InChI=1S/C18H15BrClFN2O2/c1-10-15(7-6-14(19)17(10)20)22-18(25)11-8-16(24)23(9-11)13-4-2-12(21)3-5-13/h2-7,11H,8-9H2,1H3,(H,22,25)/t11-/m1/s1. The van der Waals surface area contributed by atoms with Crippen molar-refractivity contribution in [3.05, 3.63) is 57.3 Å². The van der Waals surface area contributed by atoms with Crippen molar-refractivity contribution in [1.82, 2.24) is 0 Å². The first-order valence-corrected chi connectivity index (χ1v) is 8.85. The number of carbonyl (C=O) groups is 2. The van der Waals surface area contributed by atoms with E-state index in [1.54, 1.807) is 12.1 Å². The summed E-state index contributed by atoms with van der Waals surface area (Å²) in [6.45, 7) is 2.08. The van der Waals surface area contributed by atoms with Crippen molar-refractivity contribution in [2.24, 2.45) is 5.92 Å². The Morgan fingerprint density at radius 2 is 1.96 bits per heavy atom. The van der Waals surface area contributed by atoms with Gasteiger partial charge in [-0.25, -0.2) is 4.39 Å². The molecular weight excluding hydrogens is 411 g/mol. The van der Waals surface area contributed by atoms with Gasteiger partial charge in [-0.2, -0.15) is 0 Å². The van der Waals surface area contributed by atoms with E-state index in [0.717, 1.165) is 10.0 Å². The third-order valence-corrected chi connectivity index (χ3v) is 5.61. The van der Waals surface area contributed by atoms with Crippen LogP contribution in [0.5, 0.6) is 0 Å². The summed E-state index contributed by atoms with van der Waals surface area (Å²) >= 11 is 9.51. The van der Waals surface area contributed by atoms with E-state index in [0.29, 0.717) is 16.4 Å². The maximum absolute atomic E-state index is 13.0. The third-order valence-electron chi connectivity index (χ3n) is 4.23. The fourth-order valence-electron chi connectivity index (χ4n) is 2.78. The summed E-state index contributed by atoms with van der Waals surface area (Å²) < 4.78 is 13.8. The van der Waals surface area contributed by atoms with Gasteiger partial charge >= 0.3 is 0 Å². The van der Waals surface area contributed by atoms with Crippen LogP contribution in [0.2, 0.25) is 5.02 Å². The normalized spacial score (nSPS) is 17.0. The Kier molecular flexibility index (Phi) is 5.11. The van der Waals surface area contributed by atoms with Gasteiger partial charge in [-0.1, -0.05) is 11.6 Å². The zero-order valence-electron chi connectivity index (χ0n) is 13.4. The summed E-state index contributed by atoms with van der Waals surface area (Å²) in [5, 5.41) is 3.37. The lowest BCUT2D eigenvalue weighted by Gasteiger charge is -2.17. The van der Waals surface area contributed by atoms with Crippen LogP contribution in [0.15, 0.2) is 40.9 Å². The smallest absolute Gasteiger partial charge is 0.229 e. The second kappa shape index (κ2) is 7.14. The lowest BCUT2D eigenvalue weighted by atomic mass is 10.1. The quantitative estimate of drug-likeness (QED) is 0.785. The van der Waals surface area contributed by atoms with E-state index in [1.165, 1.54) is 29.2 Å². The molecule has 0 spiro atoms. The summed E-state index contributed by atoms with van der Waals surface area (Å²) in [5.41, 5.74) is 1.96. The summed E-state index contributed by atoms with van der Waals surface area (Å²) in [6, 6.07) is 9.18. The number of carbonyl (C=O) groups excluding carboxylic acids is 2. The van der Waals surface area contributed by atoms with Crippen LogP contribution in [0.4, 0.5) is 15.8 Å². The Morgan fingerprint density at radius 3 is 2.64 bits per heavy atom. The van der Waals surface area contributed by atoms with Crippen LogP contribution >= 0.6 is 27.5 Å². The van der Waals surface area contributed by atoms with Gasteiger partial charge in [-0.15, -0.1) is 0 Å². The van der Waals surface area contributed by atoms with Gasteiger partial charge in [0, 0.05) is 28.8 Å². The molecule has 1 saturated heterocycles. The highest BCUT2D eigenvalue weighted by Gasteiger charge is 2.35.